The average Bonchev–Trinajstić information content (AvgIpc) is 3.01. The Kier molecular flexibility index (Phi) is 3.34. The van der Waals surface area contributed by atoms with Crippen LogP contribution in [0.15, 0.2) is 21.6 Å². The van der Waals surface area contributed by atoms with E-state index in [1.165, 1.54) is 21.5 Å². The van der Waals surface area contributed by atoms with Crippen molar-refractivity contribution in [2.75, 3.05) is 18.8 Å². The number of carboxylic acid groups (broad SMARTS) is 1. The lowest BCUT2D eigenvalue weighted by atomic mass is 10.2. The predicted molar refractivity (Wildman–Crippen MR) is 77.2 cm³/mol. The Bertz CT molecular complexity index is 710. The molecular weight excluding hydrogens is 364 g/mol. The quantitative estimate of drug-likeness (QED) is 0.778. The fourth-order valence-electron chi connectivity index (χ4n) is 2.92. The molecule has 114 valence electrons. The number of likely N-dealkylation sites (tertiary alicyclic amines) is 1. The van der Waals surface area contributed by atoms with Gasteiger partial charge in [-0.15, -0.1) is 0 Å². The van der Waals surface area contributed by atoms with Crippen LogP contribution >= 0.6 is 15.9 Å². The van der Waals surface area contributed by atoms with Gasteiger partial charge in [-0.05, 0) is 28.4 Å². The van der Waals surface area contributed by atoms with Crippen molar-refractivity contribution in [2.24, 2.45) is 0 Å². The van der Waals surface area contributed by atoms with E-state index in [-0.39, 0.29) is 35.9 Å². The first-order chi connectivity index (χ1) is 9.80. The zero-order valence-corrected chi connectivity index (χ0v) is 13.2. The van der Waals surface area contributed by atoms with Gasteiger partial charge in [0.15, 0.2) is 0 Å². The number of hydrogen-bond acceptors (Lipinski definition) is 5. The lowest BCUT2D eigenvalue weighted by molar-refractivity contribution is 0.123. The molecule has 0 radical (unpaired) electrons. The van der Waals surface area contributed by atoms with Gasteiger partial charge in [0.05, 0.1) is 6.04 Å². The molecule has 1 amide bonds. The fourth-order valence-corrected chi connectivity index (χ4v) is 5.17. The van der Waals surface area contributed by atoms with Crippen LogP contribution in [-0.4, -0.2) is 59.0 Å². The van der Waals surface area contributed by atoms with Crippen molar-refractivity contribution in [1.29, 1.82) is 0 Å². The number of rotatable bonds is 2. The molecular formula is C11H13BrN4O4S. The van der Waals surface area contributed by atoms with Crippen molar-refractivity contribution in [3.63, 3.8) is 0 Å². The monoisotopic (exact) mass is 376 g/mol. The van der Waals surface area contributed by atoms with Crippen LogP contribution in [0, 0.1) is 0 Å². The molecule has 1 aromatic rings. The minimum atomic E-state index is -3.78. The summed E-state index contributed by atoms with van der Waals surface area (Å²) in [7, 11) is -3.78. The molecule has 2 saturated heterocycles. The molecule has 2 fully saturated rings. The van der Waals surface area contributed by atoms with Crippen LogP contribution in [-0.2, 0) is 10.0 Å². The summed E-state index contributed by atoms with van der Waals surface area (Å²) in [5, 5.41) is 9.04. The summed E-state index contributed by atoms with van der Waals surface area (Å²) >= 11 is 3.18. The van der Waals surface area contributed by atoms with Gasteiger partial charge in [-0.1, -0.05) is 0 Å². The summed E-state index contributed by atoms with van der Waals surface area (Å²) < 4.78 is 27.2. The number of sulfonamides is 1. The van der Waals surface area contributed by atoms with Crippen molar-refractivity contribution in [2.45, 2.75) is 23.4 Å². The zero-order chi connectivity index (χ0) is 15.4. The van der Waals surface area contributed by atoms with Crippen LogP contribution in [0.4, 0.5) is 10.6 Å². The van der Waals surface area contributed by atoms with Gasteiger partial charge in [-0.2, -0.15) is 4.31 Å². The van der Waals surface area contributed by atoms with E-state index in [1.54, 1.807) is 0 Å². The highest BCUT2D eigenvalue weighted by molar-refractivity contribution is 9.10. The molecule has 2 atom stereocenters. The van der Waals surface area contributed by atoms with Gasteiger partial charge in [0.1, 0.15) is 10.7 Å². The third kappa shape index (κ3) is 2.27. The molecule has 3 rings (SSSR count). The Morgan fingerprint density at radius 3 is 2.71 bits per heavy atom. The van der Waals surface area contributed by atoms with Gasteiger partial charge in [0.25, 0.3) is 0 Å². The third-order valence-corrected chi connectivity index (χ3v) is 6.25. The van der Waals surface area contributed by atoms with Crippen molar-refractivity contribution in [3.05, 3.63) is 16.7 Å². The number of carbonyl (C=O) groups is 1. The van der Waals surface area contributed by atoms with E-state index < -0.39 is 16.1 Å². The van der Waals surface area contributed by atoms with E-state index in [4.69, 9.17) is 10.8 Å². The second kappa shape index (κ2) is 4.82. The van der Waals surface area contributed by atoms with Crippen LogP contribution in [0.3, 0.4) is 0 Å². The van der Waals surface area contributed by atoms with Gasteiger partial charge in [0, 0.05) is 29.8 Å². The normalized spacial score (nSPS) is 25.5. The number of nitrogen functional groups attached to an aromatic ring is 1. The molecule has 0 spiro atoms. The second-order valence-corrected chi connectivity index (χ2v) is 7.86. The lowest BCUT2D eigenvalue weighted by Gasteiger charge is -2.31. The Balaban J connectivity index is 1.92. The van der Waals surface area contributed by atoms with E-state index in [0.29, 0.717) is 10.9 Å². The van der Waals surface area contributed by atoms with Gasteiger partial charge in [-0.25, -0.2) is 18.2 Å². The largest absolute Gasteiger partial charge is 0.465 e. The van der Waals surface area contributed by atoms with E-state index >= 15 is 0 Å². The molecule has 0 aliphatic carbocycles. The highest BCUT2D eigenvalue weighted by Gasteiger charge is 2.50. The Morgan fingerprint density at radius 1 is 1.43 bits per heavy atom. The number of fused-ring (bicyclic) bond motifs is 2. The predicted octanol–water partition coefficient (Wildman–Crippen LogP) is 0.552. The molecule has 21 heavy (non-hydrogen) atoms. The number of piperazine rings is 1. The number of amides is 1. The molecule has 3 heterocycles. The third-order valence-electron chi connectivity index (χ3n) is 3.87. The Hall–Kier alpha value is -1.39. The van der Waals surface area contributed by atoms with Gasteiger partial charge in [-0.3, -0.25) is 0 Å². The minimum absolute atomic E-state index is 0.0497. The topological polar surface area (TPSA) is 117 Å². The molecule has 8 nitrogen and oxygen atoms in total. The van der Waals surface area contributed by atoms with Crippen LogP contribution in [0.25, 0.3) is 0 Å². The molecule has 2 aliphatic heterocycles. The van der Waals surface area contributed by atoms with E-state index in [1.807, 2.05) is 0 Å². The van der Waals surface area contributed by atoms with Crippen LogP contribution in [0.2, 0.25) is 0 Å². The average molecular weight is 377 g/mol. The number of pyridine rings is 1. The maximum atomic E-state index is 12.7. The summed E-state index contributed by atoms with van der Waals surface area (Å²) in [5.41, 5.74) is 5.67. The van der Waals surface area contributed by atoms with Crippen molar-refractivity contribution < 1.29 is 18.3 Å². The number of nitrogens with zero attached hydrogens (tertiary/aromatic N) is 3. The molecule has 0 aromatic carbocycles. The van der Waals surface area contributed by atoms with Crippen LogP contribution < -0.4 is 5.73 Å². The standard InChI is InChI=1S/C11H13BrN4O4S/c12-6-1-9(10(13)14-3-6)21(19,20)16-5-7-2-8(16)4-15(7)11(17)18/h1,3,7-8H,2,4-5H2,(H2,13,14)(H,17,18). The Morgan fingerprint density at radius 2 is 2.14 bits per heavy atom. The molecule has 2 aliphatic rings. The summed E-state index contributed by atoms with van der Waals surface area (Å²) in [6.07, 6.45) is 0.937. The number of hydrogen-bond donors (Lipinski definition) is 2. The first-order valence-corrected chi connectivity index (χ1v) is 8.46. The number of halogens is 1. The van der Waals surface area contributed by atoms with E-state index in [0.717, 1.165) is 0 Å². The highest BCUT2D eigenvalue weighted by atomic mass is 79.9. The molecule has 0 saturated carbocycles. The fraction of sp³-hybridized carbons (Fsp3) is 0.455. The van der Waals surface area contributed by atoms with E-state index in [9.17, 15) is 13.2 Å². The molecule has 2 bridgehead atoms. The second-order valence-electron chi connectivity index (χ2n) is 5.09. The minimum Gasteiger partial charge on any atom is -0.465 e. The highest BCUT2D eigenvalue weighted by Crippen LogP contribution is 2.36. The van der Waals surface area contributed by atoms with Crippen molar-refractivity contribution in [3.8, 4) is 0 Å². The SMILES string of the molecule is Nc1ncc(Br)cc1S(=O)(=O)N1CC2CC1CN2C(=O)O. The molecule has 3 N–H and O–H groups in total. The zero-order valence-electron chi connectivity index (χ0n) is 10.8. The van der Waals surface area contributed by atoms with Crippen LogP contribution in [0.1, 0.15) is 6.42 Å². The molecule has 1 aromatic heterocycles. The number of nitrogens with two attached hydrogens (primary N) is 1. The smallest absolute Gasteiger partial charge is 0.407 e. The first-order valence-electron chi connectivity index (χ1n) is 6.23. The van der Waals surface area contributed by atoms with Gasteiger partial charge >= 0.3 is 6.09 Å². The number of anilines is 1. The summed E-state index contributed by atoms with van der Waals surface area (Å²) in [6.45, 7) is 0.353. The summed E-state index contributed by atoms with van der Waals surface area (Å²) in [4.78, 5) is 16.1. The number of aromatic nitrogens is 1. The Labute approximate surface area is 129 Å². The first kappa shape index (κ1) is 14.5. The lowest BCUT2D eigenvalue weighted by Crippen LogP contribution is -2.50. The maximum Gasteiger partial charge on any atom is 0.407 e. The van der Waals surface area contributed by atoms with Crippen molar-refractivity contribution >= 4 is 37.9 Å². The summed E-state index contributed by atoms with van der Waals surface area (Å²) in [6, 6.07) is 0.789. The van der Waals surface area contributed by atoms with Gasteiger partial charge in [0.2, 0.25) is 10.0 Å². The van der Waals surface area contributed by atoms with Crippen molar-refractivity contribution in [1.82, 2.24) is 14.2 Å². The molecule has 10 heteroatoms. The van der Waals surface area contributed by atoms with E-state index in [2.05, 4.69) is 20.9 Å². The van der Waals surface area contributed by atoms with Crippen LogP contribution in [0.5, 0.6) is 0 Å². The summed E-state index contributed by atoms with van der Waals surface area (Å²) in [5.74, 6) is -0.0592. The molecule has 2 unspecified atom stereocenters. The maximum absolute atomic E-state index is 12.7. The van der Waals surface area contributed by atoms with Gasteiger partial charge < -0.3 is 15.7 Å².